The Bertz CT molecular complexity index is 271. The SMILES string of the molecule is CC(C)C[C@H](NC(=O)[C@@H](N)OCCCN)C(=O)O. The fourth-order valence-corrected chi connectivity index (χ4v) is 1.32. The van der Waals surface area contributed by atoms with Gasteiger partial charge in [0.25, 0.3) is 5.91 Å². The molecule has 7 nitrogen and oxygen atoms in total. The smallest absolute Gasteiger partial charge is 0.326 e. The van der Waals surface area contributed by atoms with E-state index in [0.29, 0.717) is 19.4 Å². The maximum atomic E-state index is 11.6. The predicted octanol–water partition coefficient (Wildman–Crippen LogP) is -0.748. The van der Waals surface area contributed by atoms with Crippen LogP contribution >= 0.6 is 0 Å². The van der Waals surface area contributed by atoms with Gasteiger partial charge in [0, 0.05) is 0 Å². The van der Waals surface area contributed by atoms with Crippen LogP contribution in [0.5, 0.6) is 0 Å². The third kappa shape index (κ3) is 7.21. The van der Waals surface area contributed by atoms with Gasteiger partial charge in [-0.05, 0) is 25.3 Å². The molecule has 0 spiro atoms. The van der Waals surface area contributed by atoms with Gasteiger partial charge in [-0.3, -0.25) is 10.5 Å². The molecule has 0 aromatic carbocycles. The van der Waals surface area contributed by atoms with Gasteiger partial charge in [-0.15, -0.1) is 0 Å². The zero-order valence-electron chi connectivity index (χ0n) is 10.9. The Morgan fingerprint density at radius 1 is 1.39 bits per heavy atom. The number of carbonyl (C=O) groups is 2. The fraction of sp³-hybridized carbons (Fsp3) is 0.818. The predicted molar refractivity (Wildman–Crippen MR) is 66.6 cm³/mol. The quantitative estimate of drug-likeness (QED) is 0.319. The van der Waals surface area contributed by atoms with Crippen LogP contribution in [0.2, 0.25) is 0 Å². The van der Waals surface area contributed by atoms with Crippen molar-refractivity contribution in [3.8, 4) is 0 Å². The molecule has 7 heteroatoms. The summed E-state index contributed by atoms with van der Waals surface area (Å²) in [5.74, 6) is -1.55. The van der Waals surface area contributed by atoms with Crippen molar-refractivity contribution in [2.24, 2.45) is 17.4 Å². The third-order valence-corrected chi connectivity index (χ3v) is 2.23. The van der Waals surface area contributed by atoms with Crippen molar-refractivity contribution in [3.63, 3.8) is 0 Å². The highest BCUT2D eigenvalue weighted by molar-refractivity contribution is 5.85. The van der Waals surface area contributed by atoms with Gasteiger partial charge in [-0.1, -0.05) is 13.8 Å². The molecule has 0 unspecified atom stereocenters. The Hall–Kier alpha value is -1.18. The number of rotatable bonds is 9. The first kappa shape index (κ1) is 16.8. The maximum absolute atomic E-state index is 11.6. The number of nitrogens with one attached hydrogen (secondary N) is 1. The molecule has 2 atom stereocenters. The standard InChI is InChI=1S/C11H23N3O4/c1-7(2)6-8(11(16)17)14-10(15)9(13)18-5-3-4-12/h7-9H,3-6,12-13H2,1-2H3,(H,14,15)(H,16,17)/t8-,9-/m0/s1. The summed E-state index contributed by atoms with van der Waals surface area (Å²) >= 11 is 0. The van der Waals surface area contributed by atoms with Crippen LogP contribution in [0, 0.1) is 5.92 Å². The second-order valence-corrected chi connectivity index (χ2v) is 4.46. The summed E-state index contributed by atoms with van der Waals surface area (Å²) in [6.07, 6.45) is -0.225. The van der Waals surface area contributed by atoms with Crippen molar-refractivity contribution in [3.05, 3.63) is 0 Å². The van der Waals surface area contributed by atoms with Gasteiger partial charge in [0.15, 0.2) is 6.23 Å². The molecule has 0 rings (SSSR count). The monoisotopic (exact) mass is 261 g/mol. The zero-order valence-corrected chi connectivity index (χ0v) is 10.9. The van der Waals surface area contributed by atoms with Crippen molar-refractivity contribution in [1.29, 1.82) is 0 Å². The second-order valence-electron chi connectivity index (χ2n) is 4.46. The summed E-state index contributed by atoms with van der Waals surface area (Å²) in [5.41, 5.74) is 10.7. The molecule has 106 valence electrons. The van der Waals surface area contributed by atoms with Gasteiger partial charge in [-0.2, -0.15) is 0 Å². The molecule has 0 heterocycles. The van der Waals surface area contributed by atoms with E-state index < -0.39 is 24.1 Å². The van der Waals surface area contributed by atoms with Crippen LogP contribution < -0.4 is 16.8 Å². The fourth-order valence-electron chi connectivity index (χ4n) is 1.32. The largest absolute Gasteiger partial charge is 0.480 e. The van der Waals surface area contributed by atoms with Crippen LogP contribution in [0.1, 0.15) is 26.7 Å². The average molecular weight is 261 g/mol. The van der Waals surface area contributed by atoms with E-state index in [0.717, 1.165) is 0 Å². The van der Waals surface area contributed by atoms with Gasteiger partial charge >= 0.3 is 5.97 Å². The van der Waals surface area contributed by atoms with Gasteiger partial charge in [0.2, 0.25) is 0 Å². The summed E-state index contributed by atoms with van der Waals surface area (Å²) < 4.78 is 5.02. The van der Waals surface area contributed by atoms with E-state index in [2.05, 4.69) is 5.32 Å². The van der Waals surface area contributed by atoms with Crippen LogP contribution in [0.3, 0.4) is 0 Å². The molecule has 0 radical (unpaired) electrons. The number of ether oxygens (including phenoxy) is 1. The van der Waals surface area contributed by atoms with E-state index >= 15 is 0 Å². The summed E-state index contributed by atoms with van der Waals surface area (Å²) in [6, 6.07) is -0.943. The number of carboxylic acids is 1. The minimum absolute atomic E-state index is 0.154. The van der Waals surface area contributed by atoms with E-state index in [9.17, 15) is 9.59 Å². The lowest BCUT2D eigenvalue weighted by atomic mass is 10.0. The first-order chi connectivity index (χ1) is 8.38. The van der Waals surface area contributed by atoms with Crippen LogP contribution in [0.15, 0.2) is 0 Å². The molecule has 0 aliphatic carbocycles. The molecule has 6 N–H and O–H groups in total. The van der Waals surface area contributed by atoms with E-state index in [1.165, 1.54) is 0 Å². The Morgan fingerprint density at radius 3 is 2.44 bits per heavy atom. The normalized spacial score (nSPS) is 14.3. The first-order valence-electron chi connectivity index (χ1n) is 5.99. The number of nitrogens with two attached hydrogens (primary N) is 2. The molecule has 1 amide bonds. The van der Waals surface area contributed by atoms with Crippen molar-refractivity contribution in [1.82, 2.24) is 5.32 Å². The molecule has 0 aliphatic rings. The van der Waals surface area contributed by atoms with Gasteiger partial charge < -0.3 is 20.9 Å². The number of carboxylic acid groups (broad SMARTS) is 1. The molecule has 0 bridgehead atoms. The molecule has 0 aliphatic heterocycles. The summed E-state index contributed by atoms with van der Waals surface area (Å²) in [7, 11) is 0. The third-order valence-electron chi connectivity index (χ3n) is 2.23. The Balaban J connectivity index is 4.19. The summed E-state index contributed by atoms with van der Waals surface area (Å²) in [6.45, 7) is 4.46. The van der Waals surface area contributed by atoms with Crippen molar-refractivity contribution < 1.29 is 19.4 Å². The molecule has 0 aromatic rings. The van der Waals surface area contributed by atoms with Gasteiger partial charge in [0.05, 0.1) is 6.61 Å². The molecule has 0 aromatic heterocycles. The maximum Gasteiger partial charge on any atom is 0.326 e. The molecule has 18 heavy (non-hydrogen) atoms. The summed E-state index contributed by atoms with van der Waals surface area (Å²) in [4.78, 5) is 22.5. The lowest BCUT2D eigenvalue weighted by molar-refractivity contribution is -0.144. The number of carbonyl (C=O) groups excluding carboxylic acids is 1. The van der Waals surface area contributed by atoms with Crippen molar-refractivity contribution in [2.75, 3.05) is 13.2 Å². The van der Waals surface area contributed by atoms with Crippen LogP contribution in [0.25, 0.3) is 0 Å². The molecular formula is C11H23N3O4. The number of hydrogen-bond acceptors (Lipinski definition) is 5. The zero-order chi connectivity index (χ0) is 14.1. The average Bonchev–Trinajstić information content (AvgIpc) is 2.27. The second kappa shape index (κ2) is 8.84. The van der Waals surface area contributed by atoms with Crippen LogP contribution in [-0.2, 0) is 14.3 Å². The van der Waals surface area contributed by atoms with E-state index in [4.69, 9.17) is 21.3 Å². The minimum atomic E-state index is -1.16. The van der Waals surface area contributed by atoms with Crippen molar-refractivity contribution >= 4 is 11.9 Å². The molecule has 0 saturated heterocycles. The van der Waals surface area contributed by atoms with Crippen LogP contribution in [-0.4, -0.2) is 42.4 Å². The Morgan fingerprint density at radius 2 is 2.00 bits per heavy atom. The molecule has 0 saturated carbocycles. The highest BCUT2D eigenvalue weighted by atomic mass is 16.5. The van der Waals surface area contributed by atoms with E-state index in [-0.39, 0.29) is 12.5 Å². The first-order valence-corrected chi connectivity index (χ1v) is 5.99. The highest BCUT2D eigenvalue weighted by Gasteiger charge is 2.24. The highest BCUT2D eigenvalue weighted by Crippen LogP contribution is 2.05. The summed E-state index contributed by atoms with van der Waals surface area (Å²) in [5, 5.41) is 11.3. The van der Waals surface area contributed by atoms with E-state index in [1.54, 1.807) is 0 Å². The lowest BCUT2D eigenvalue weighted by Gasteiger charge is -2.19. The molecular weight excluding hydrogens is 238 g/mol. The number of amides is 1. The van der Waals surface area contributed by atoms with Crippen LogP contribution in [0.4, 0.5) is 0 Å². The van der Waals surface area contributed by atoms with Gasteiger partial charge in [-0.25, -0.2) is 4.79 Å². The number of aliphatic carboxylic acids is 1. The molecule has 0 fully saturated rings. The minimum Gasteiger partial charge on any atom is -0.480 e. The van der Waals surface area contributed by atoms with Crippen molar-refractivity contribution in [2.45, 2.75) is 39.0 Å². The topological polar surface area (TPSA) is 128 Å². The van der Waals surface area contributed by atoms with Gasteiger partial charge in [0.1, 0.15) is 6.04 Å². The number of hydrogen-bond donors (Lipinski definition) is 4. The lowest BCUT2D eigenvalue weighted by Crippen LogP contribution is -2.50. The van der Waals surface area contributed by atoms with E-state index in [1.807, 2.05) is 13.8 Å². The Labute approximate surface area is 107 Å². The Kier molecular flexibility index (Phi) is 8.27.